The molecule has 1 saturated heterocycles. The highest BCUT2D eigenvalue weighted by Crippen LogP contribution is 2.76. The topological polar surface area (TPSA) is 118 Å². The van der Waals surface area contributed by atoms with Crippen LogP contribution in [-0.4, -0.2) is 86.3 Å². The summed E-state index contributed by atoms with van der Waals surface area (Å²) in [5, 5.41) is 14.7. The van der Waals surface area contributed by atoms with Crippen LogP contribution < -0.4 is 14.8 Å². The van der Waals surface area contributed by atoms with Crippen molar-refractivity contribution in [2.75, 3.05) is 51.4 Å². The van der Waals surface area contributed by atoms with E-state index in [0.717, 1.165) is 37.8 Å². The quantitative estimate of drug-likeness (QED) is 0.227. The molecule has 57 heavy (non-hydrogen) atoms. The van der Waals surface area contributed by atoms with Crippen molar-refractivity contribution in [1.29, 1.82) is 0 Å². The van der Waals surface area contributed by atoms with Gasteiger partial charge in [0.2, 0.25) is 5.88 Å². The molecule has 9 nitrogen and oxygen atoms in total. The van der Waals surface area contributed by atoms with Gasteiger partial charge < -0.3 is 24.8 Å². The standard InChI is InChI=1S/C47H71N3O6S/c1-42(2)35(33-11-19-46(20-12-33,41(51)52)23-29-56-40-32-34(55-6)15-24-48-40)13-17-43(3)38(42)14-18-45(5)39(43)10-9-36-37-8-7-16-47(37,22-21-44(36,45)4)49-25-26-50-27-30-57(53,54)31-28-50/h11,13,15,24,32,36-39,49H,7-10,12,14,16-23,25-31H2,1-6H3,(H,51,52)/t36-,37-,38?,39?,43+,44-,45-,46?,47+/m1/s1. The van der Waals surface area contributed by atoms with E-state index in [4.69, 9.17) is 9.47 Å². The number of hydrogen-bond acceptors (Lipinski definition) is 8. The van der Waals surface area contributed by atoms with Crippen molar-refractivity contribution in [2.24, 2.45) is 50.7 Å². The second-order valence-electron chi connectivity index (χ2n) is 20.9. The number of aliphatic carboxylic acids is 1. The molecule has 10 heteroatoms. The molecule has 0 spiro atoms. The van der Waals surface area contributed by atoms with Gasteiger partial charge in [0.05, 0.1) is 30.6 Å². The predicted octanol–water partition coefficient (Wildman–Crippen LogP) is 8.50. The second-order valence-corrected chi connectivity index (χ2v) is 23.2. The van der Waals surface area contributed by atoms with Crippen LogP contribution in [0.2, 0.25) is 0 Å². The maximum atomic E-state index is 12.8. The molecule has 9 atom stereocenters. The molecule has 0 amide bonds. The first kappa shape index (κ1) is 41.3. The van der Waals surface area contributed by atoms with E-state index in [1.165, 1.54) is 68.9 Å². The number of allylic oxidation sites excluding steroid dienone is 4. The molecule has 0 bridgehead atoms. The van der Waals surface area contributed by atoms with Crippen molar-refractivity contribution in [3.8, 4) is 11.6 Å². The van der Waals surface area contributed by atoms with Gasteiger partial charge in [-0.3, -0.25) is 4.79 Å². The first-order chi connectivity index (χ1) is 27.0. The van der Waals surface area contributed by atoms with E-state index in [1.807, 2.05) is 0 Å². The molecular formula is C47H71N3O6S. The number of hydrogen-bond donors (Lipinski definition) is 2. The predicted molar refractivity (Wildman–Crippen MR) is 225 cm³/mol. The first-order valence-corrected chi connectivity index (χ1v) is 24.3. The third-order valence-corrected chi connectivity index (χ3v) is 20.1. The second kappa shape index (κ2) is 14.9. The number of carboxylic acid groups (broad SMARTS) is 1. The van der Waals surface area contributed by atoms with Gasteiger partial charge >= 0.3 is 5.97 Å². The Hall–Kier alpha value is -2.43. The number of nitrogens with zero attached hydrogens (tertiary/aromatic N) is 2. The number of rotatable bonds is 11. The van der Waals surface area contributed by atoms with E-state index >= 15 is 0 Å². The third kappa shape index (κ3) is 6.91. The molecule has 0 aromatic carbocycles. The largest absolute Gasteiger partial charge is 0.497 e. The van der Waals surface area contributed by atoms with Gasteiger partial charge in [0.25, 0.3) is 0 Å². The summed E-state index contributed by atoms with van der Waals surface area (Å²) in [5.41, 5.74) is 3.18. The molecular weight excluding hydrogens is 735 g/mol. The Morgan fingerprint density at radius 2 is 1.72 bits per heavy atom. The molecule has 4 saturated carbocycles. The van der Waals surface area contributed by atoms with E-state index in [2.05, 4.69) is 62.0 Å². The summed E-state index contributed by atoms with van der Waals surface area (Å²) >= 11 is 0. The van der Waals surface area contributed by atoms with Crippen LogP contribution >= 0.6 is 0 Å². The molecule has 0 radical (unpaired) electrons. The molecule has 1 aromatic rings. The average Bonchev–Trinajstić information content (AvgIpc) is 3.60. The fraction of sp³-hybridized carbons (Fsp3) is 0.787. The van der Waals surface area contributed by atoms with Crippen LogP contribution in [0.25, 0.3) is 0 Å². The lowest BCUT2D eigenvalue weighted by Gasteiger charge is -2.72. The highest BCUT2D eigenvalue weighted by molar-refractivity contribution is 7.91. The van der Waals surface area contributed by atoms with Crippen molar-refractivity contribution in [1.82, 2.24) is 15.2 Å². The van der Waals surface area contributed by atoms with E-state index in [0.29, 0.717) is 84.8 Å². The van der Waals surface area contributed by atoms with Crippen LogP contribution in [0, 0.1) is 50.7 Å². The SMILES string of the molecule is COc1ccnc(OCCC2(C(=O)O)CC=C(C3=CC[C@@]4(C)C(CC[C@]5(C)C4CC[C@@H]4[C@H]6CCC[C@]6(NCCN6CCS(=O)(=O)CC6)CC[C@]45C)C3(C)C)CC2)c1. The van der Waals surface area contributed by atoms with Gasteiger partial charge in [-0.05, 0) is 146 Å². The van der Waals surface area contributed by atoms with Gasteiger partial charge in [-0.2, -0.15) is 0 Å². The zero-order chi connectivity index (χ0) is 40.5. The third-order valence-electron chi connectivity index (χ3n) is 18.5. The molecule has 2 heterocycles. The molecule has 5 fully saturated rings. The van der Waals surface area contributed by atoms with Crippen molar-refractivity contribution < 1.29 is 27.8 Å². The lowest BCUT2D eigenvalue weighted by atomic mass is 9.33. The minimum atomic E-state index is -2.85. The Morgan fingerprint density at radius 1 is 0.930 bits per heavy atom. The summed E-state index contributed by atoms with van der Waals surface area (Å²) < 4.78 is 35.2. The summed E-state index contributed by atoms with van der Waals surface area (Å²) in [6.07, 6.45) is 21.8. The monoisotopic (exact) mass is 806 g/mol. The zero-order valence-corrected chi connectivity index (χ0v) is 36.7. The number of nitrogens with one attached hydrogen (secondary N) is 1. The summed E-state index contributed by atoms with van der Waals surface area (Å²) in [7, 11) is -1.24. The van der Waals surface area contributed by atoms with Gasteiger partial charge in [0, 0.05) is 44.0 Å². The molecule has 8 rings (SSSR count). The van der Waals surface area contributed by atoms with Crippen LogP contribution in [0.1, 0.15) is 125 Å². The number of pyridine rings is 1. The Bertz CT molecular complexity index is 1860. The molecule has 1 aromatic heterocycles. The van der Waals surface area contributed by atoms with Gasteiger partial charge in [-0.25, -0.2) is 13.4 Å². The molecule has 7 aliphatic rings. The van der Waals surface area contributed by atoms with Crippen molar-refractivity contribution in [3.63, 3.8) is 0 Å². The Morgan fingerprint density at radius 3 is 2.44 bits per heavy atom. The number of aromatic nitrogens is 1. The summed E-state index contributed by atoms with van der Waals surface area (Å²) in [6, 6.07) is 3.51. The van der Waals surface area contributed by atoms with Crippen LogP contribution in [0.15, 0.2) is 41.6 Å². The van der Waals surface area contributed by atoms with Gasteiger partial charge in [-0.15, -0.1) is 0 Å². The smallest absolute Gasteiger partial charge is 0.310 e. The molecule has 3 unspecified atom stereocenters. The van der Waals surface area contributed by atoms with Crippen LogP contribution in [0.5, 0.6) is 11.6 Å². The molecule has 316 valence electrons. The fourth-order valence-corrected chi connectivity index (χ4v) is 16.4. The van der Waals surface area contributed by atoms with E-state index in [-0.39, 0.29) is 16.4 Å². The van der Waals surface area contributed by atoms with Crippen molar-refractivity contribution in [3.05, 3.63) is 41.6 Å². The zero-order valence-electron chi connectivity index (χ0n) is 35.8. The van der Waals surface area contributed by atoms with E-state index in [1.54, 1.807) is 25.4 Å². The fourth-order valence-electron chi connectivity index (χ4n) is 15.1. The minimum absolute atomic E-state index is 0.0257. The van der Waals surface area contributed by atoms with E-state index < -0.39 is 21.2 Å². The van der Waals surface area contributed by atoms with Gasteiger partial charge in [0.15, 0.2) is 9.84 Å². The first-order valence-electron chi connectivity index (χ1n) is 22.5. The van der Waals surface area contributed by atoms with Gasteiger partial charge in [-0.1, -0.05) is 53.2 Å². The number of carbonyl (C=O) groups is 1. The number of sulfone groups is 1. The van der Waals surface area contributed by atoms with Gasteiger partial charge in [0.1, 0.15) is 5.75 Å². The summed E-state index contributed by atoms with van der Waals surface area (Å²) in [6.45, 7) is 16.7. The highest BCUT2D eigenvalue weighted by atomic mass is 32.2. The highest BCUT2D eigenvalue weighted by Gasteiger charge is 2.69. The average molecular weight is 806 g/mol. The Balaban J connectivity index is 0.953. The maximum Gasteiger partial charge on any atom is 0.310 e. The molecule has 6 aliphatic carbocycles. The maximum absolute atomic E-state index is 12.8. The number of carboxylic acids is 1. The summed E-state index contributed by atoms with van der Waals surface area (Å²) in [4.78, 5) is 19.4. The summed E-state index contributed by atoms with van der Waals surface area (Å²) in [5.74, 6) is 3.79. The van der Waals surface area contributed by atoms with Crippen molar-refractivity contribution in [2.45, 2.75) is 130 Å². The number of ether oxygens (including phenoxy) is 2. The van der Waals surface area contributed by atoms with Crippen LogP contribution in [0.3, 0.4) is 0 Å². The van der Waals surface area contributed by atoms with E-state index in [9.17, 15) is 18.3 Å². The van der Waals surface area contributed by atoms with Crippen molar-refractivity contribution >= 4 is 15.8 Å². The number of methoxy groups -OCH3 is 1. The normalized spacial score (nSPS) is 41.0. The molecule has 2 N–H and O–H groups in total. The number of fused-ring (bicyclic) bond motifs is 7. The lowest BCUT2D eigenvalue weighted by Crippen LogP contribution is -2.67. The molecule has 1 aliphatic heterocycles. The Kier molecular flexibility index (Phi) is 10.8. The Labute approximate surface area is 343 Å². The lowest BCUT2D eigenvalue weighted by molar-refractivity contribution is -0.218. The van der Waals surface area contributed by atoms with Crippen LogP contribution in [0.4, 0.5) is 0 Å². The van der Waals surface area contributed by atoms with Crippen LogP contribution in [-0.2, 0) is 14.6 Å². The minimum Gasteiger partial charge on any atom is -0.497 e.